The van der Waals surface area contributed by atoms with Crippen LogP contribution in [0.25, 0.3) is 5.82 Å². The molecule has 0 saturated carbocycles. The van der Waals surface area contributed by atoms with Crippen LogP contribution in [0.1, 0.15) is 40.1 Å². The van der Waals surface area contributed by atoms with Crippen LogP contribution in [0.3, 0.4) is 0 Å². The molecule has 2 aromatic carbocycles. The molecule has 0 aliphatic rings. The van der Waals surface area contributed by atoms with Gasteiger partial charge in [-0.15, -0.1) is 0 Å². The van der Waals surface area contributed by atoms with E-state index in [0.717, 1.165) is 17.8 Å². The second-order valence-corrected chi connectivity index (χ2v) is 7.58. The van der Waals surface area contributed by atoms with Crippen LogP contribution in [0.15, 0.2) is 60.7 Å². The Labute approximate surface area is 187 Å². The normalized spacial score (nSPS) is 10.8. The fourth-order valence-corrected chi connectivity index (χ4v) is 3.37. The second kappa shape index (κ2) is 9.01. The Kier molecular flexibility index (Phi) is 5.98. The molecule has 0 aliphatic heterocycles. The Morgan fingerprint density at radius 3 is 2.31 bits per heavy atom. The van der Waals surface area contributed by atoms with Crippen molar-refractivity contribution in [2.24, 2.45) is 0 Å². The first kappa shape index (κ1) is 21.2. The predicted molar refractivity (Wildman–Crippen MR) is 124 cm³/mol. The van der Waals surface area contributed by atoms with Crippen LogP contribution in [0, 0.1) is 20.8 Å². The van der Waals surface area contributed by atoms with Gasteiger partial charge in [-0.1, -0.05) is 19.1 Å². The molecule has 0 saturated heterocycles. The predicted octanol–water partition coefficient (Wildman–Crippen LogP) is 5.19. The van der Waals surface area contributed by atoms with Crippen molar-refractivity contribution in [2.45, 2.75) is 34.1 Å². The molecular formula is C25H25N5O2. The minimum absolute atomic E-state index is 0.151. The molecule has 2 heterocycles. The van der Waals surface area contributed by atoms with Gasteiger partial charge in [0.15, 0.2) is 5.82 Å². The van der Waals surface area contributed by atoms with Crippen molar-refractivity contribution in [2.75, 3.05) is 5.32 Å². The summed E-state index contributed by atoms with van der Waals surface area (Å²) in [4.78, 5) is 21.3. The third-order valence-corrected chi connectivity index (χ3v) is 4.99. The first-order valence-electron chi connectivity index (χ1n) is 10.5. The van der Waals surface area contributed by atoms with Gasteiger partial charge in [0.2, 0.25) is 5.88 Å². The number of nitrogens with zero attached hydrogens (tertiary/aromatic N) is 4. The van der Waals surface area contributed by atoms with E-state index in [1.807, 2.05) is 51.1 Å². The SMILES string of the molecule is CCc1ccc(C(=O)Nc2ccc(Oc3cc(-n4nc(C)cc4C)nc(C)n3)cc2)cc1. The van der Waals surface area contributed by atoms with Crippen LogP contribution in [-0.2, 0) is 6.42 Å². The van der Waals surface area contributed by atoms with Crippen LogP contribution < -0.4 is 10.1 Å². The topological polar surface area (TPSA) is 81.9 Å². The molecule has 0 radical (unpaired) electrons. The van der Waals surface area contributed by atoms with E-state index >= 15 is 0 Å². The molecule has 0 fully saturated rings. The summed E-state index contributed by atoms with van der Waals surface area (Å²) in [5.41, 5.74) is 4.40. The number of benzene rings is 2. The van der Waals surface area contributed by atoms with Gasteiger partial charge in [0.1, 0.15) is 11.6 Å². The Morgan fingerprint density at radius 1 is 0.969 bits per heavy atom. The van der Waals surface area contributed by atoms with Crippen molar-refractivity contribution in [3.05, 3.63) is 89.0 Å². The van der Waals surface area contributed by atoms with Gasteiger partial charge in [-0.25, -0.2) is 9.67 Å². The summed E-state index contributed by atoms with van der Waals surface area (Å²) in [5.74, 6) is 2.11. The molecule has 4 rings (SSSR count). The lowest BCUT2D eigenvalue weighted by atomic mass is 10.1. The number of ether oxygens (including phenoxy) is 1. The summed E-state index contributed by atoms with van der Waals surface area (Å²) in [6.07, 6.45) is 0.942. The van der Waals surface area contributed by atoms with E-state index in [-0.39, 0.29) is 5.91 Å². The van der Waals surface area contributed by atoms with E-state index in [9.17, 15) is 4.79 Å². The average Bonchev–Trinajstić information content (AvgIpc) is 3.12. The lowest BCUT2D eigenvalue weighted by molar-refractivity contribution is 0.102. The van der Waals surface area contributed by atoms with E-state index < -0.39 is 0 Å². The van der Waals surface area contributed by atoms with Gasteiger partial charge in [0.05, 0.1) is 5.69 Å². The first-order chi connectivity index (χ1) is 15.4. The van der Waals surface area contributed by atoms with Crippen molar-refractivity contribution >= 4 is 11.6 Å². The van der Waals surface area contributed by atoms with E-state index in [1.54, 1.807) is 35.0 Å². The van der Waals surface area contributed by atoms with Crippen LogP contribution in [0.5, 0.6) is 11.6 Å². The molecule has 0 bridgehead atoms. The van der Waals surface area contributed by atoms with Gasteiger partial charge in [-0.05, 0) is 75.2 Å². The number of nitrogens with one attached hydrogen (secondary N) is 1. The van der Waals surface area contributed by atoms with E-state index in [0.29, 0.717) is 34.5 Å². The summed E-state index contributed by atoms with van der Waals surface area (Å²) in [7, 11) is 0. The van der Waals surface area contributed by atoms with Gasteiger partial charge in [0, 0.05) is 23.0 Å². The van der Waals surface area contributed by atoms with Crippen LogP contribution in [0.2, 0.25) is 0 Å². The lowest BCUT2D eigenvalue weighted by Gasteiger charge is -2.10. The highest BCUT2D eigenvalue weighted by Crippen LogP contribution is 2.24. The first-order valence-corrected chi connectivity index (χ1v) is 10.5. The molecule has 4 aromatic rings. The average molecular weight is 428 g/mol. The highest BCUT2D eigenvalue weighted by Gasteiger charge is 2.10. The largest absolute Gasteiger partial charge is 0.439 e. The molecule has 0 atom stereocenters. The van der Waals surface area contributed by atoms with Crippen LogP contribution >= 0.6 is 0 Å². The number of carbonyl (C=O) groups excluding carboxylic acids is 1. The van der Waals surface area contributed by atoms with Crippen molar-refractivity contribution in [1.82, 2.24) is 19.7 Å². The molecule has 7 nitrogen and oxygen atoms in total. The number of aromatic nitrogens is 4. The highest BCUT2D eigenvalue weighted by molar-refractivity contribution is 6.04. The van der Waals surface area contributed by atoms with Crippen LogP contribution in [0.4, 0.5) is 5.69 Å². The second-order valence-electron chi connectivity index (χ2n) is 7.58. The third-order valence-electron chi connectivity index (χ3n) is 4.99. The quantitative estimate of drug-likeness (QED) is 0.458. The minimum Gasteiger partial charge on any atom is -0.439 e. The van der Waals surface area contributed by atoms with Crippen molar-refractivity contribution < 1.29 is 9.53 Å². The lowest BCUT2D eigenvalue weighted by Crippen LogP contribution is -2.11. The zero-order valence-corrected chi connectivity index (χ0v) is 18.6. The monoisotopic (exact) mass is 427 g/mol. The van der Waals surface area contributed by atoms with Crippen molar-refractivity contribution in [3.8, 4) is 17.4 Å². The summed E-state index contributed by atoms with van der Waals surface area (Å²) in [6.45, 7) is 7.81. The van der Waals surface area contributed by atoms with Gasteiger partial charge in [0.25, 0.3) is 5.91 Å². The van der Waals surface area contributed by atoms with Crippen molar-refractivity contribution in [3.63, 3.8) is 0 Å². The van der Waals surface area contributed by atoms with Crippen molar-refractivity contribution in [1.29, 1.82) is 0 Å². The van der Waals surface area contributed by atoms with Gasteiger partial charge in [-0.2, -0.15) is 10.1 Å². The Hall–Kier alpha value is -4.00. The molecule has 0 spiro atoms. The molecule has 162 valence electrons. The molecule has 0 aliphatic carbocycles. The summed E-state index contributed by atoms with van der Waals surface area (Å²) in [5, 5.41) is 7.38. The van der Waals surface area contributed by atoms with Gasteiger partial charge in [-0.3, -0.25) is 4.79 Å². The zero-order valence-electron chi connectivity index (χ0n) is 18.6. The summed E-state index contributed by atoms with van der Waals surface area (Å²) < 4.78 is 7.70. The standard InChI is InChI=1S/C25H25N5O2/c1-5-19-6-8-20(9-7-19)25(31)28-21-10-12-22(13-11-21)32-24-15-23(26-18(4)27-24)30-17(3)14-16(2)29-30/h6-15H,5H2,1-4H3,(H,28,31). The number of rotatable bonds is 6. The highest BCUT2D eigenvalue weighted by atomic mass is 16.5. The number of amides is 1. The van der Waals surface area contributed by atoms with E-state index in [2.05, 4.69) is 27.3 Å². The smallest absolute Gasteiger partial charge is 0.255 e. The molecule has 2 aromatic heterocycles. The summed E-state index contributed by atoms with van der Waals surface area (Å²) >= 11 is 0. The molecule has 1 amide bonds. The number of hydrogen-bond acceptors (Lipinski definition) is 5. The zero-order chi connectivity index (χ0) is 22.7. The fourth-order valence-electron chi connectivity index (χ4n) is 3.37. The van der Waals surface area contributed by atoms with Crippen LogP contribution in [-0.4, -0.2) is 25.7 Å². The Balaban J connectivity index is 1.46. The molecule has 1 N–H and O–H groups in total. The van der Waals surface area contributed by atoms with Gasteiger partial charge >= 0.3 is 0 Å². The minimum atomic E-state index is -0.151. The molecule has 0 unspecified atom stereocenters. The third kappa shape index (κ3) is 4.83. The Bertz CT molecular complexity index is 1240. The van der Waals surface area contributed by atoms with E-state index in [4.69, 9.17) is 4.74 Å². The molecular weight excluding hydrogens is 402 g/mol. The summed E-state index contributed by atoms with van der Waals surface area (Å²) in [6, 6.07) is 18.5. The number of anilines is 1. The fraction of sp³-hybridized carbons (Fsp3) is 0.200. The maximum atomic E-state index is 12.5. The number of carbonyl (C=O) groups is 1. The maximum absolute atomic E-state index is 12.5. The molecule has 7 heteroatoms. The molecule has 32 heavy (non-hydrogen) atoms. The Morgan fingerprint density at radius 2 is 1.69 bits per heavy atom. The van der Waals surface area contributed by atoms with Gasteiger partial charge < -0.3 is 10.1 Å². The number of aryl methyl sites for hydroxylation is 4. The maximum Gasteiger partial charge on any atom is 0.255 e. The van der Waals surface area contributed by atoms with E-state index in [1.165, 1.54) is 5.56 Å². The number of hydrogen-bond donors (Lipinski definition) is 1.